The molecule has 160 valence electrons. The van der Waals surface area contributed by atoms with Crippen LogP contribution in [-0.2, 0) is 9.53 Å². The third kappa shape index (κ3) is 5.25. The minimum Gasteiger partial charge on any atom is -0.494 e. The largest absolute Gasteiger partial charge is 0.494 e. The number of carbonyl (C=O) groups is 2. The molecule has 1 heterocycles. The lowest BCUT2D eigenvalue weighted by atomic mass is 10.1. The molecule has 0 aliphatic carbocycles. The van der Waals surface area contributed by atoms with E-state index in [0.717, 1.165) is 18.0 Å². The molecular weight excluding hydrogens is 393 g/mol. The van der Waals surface area contributed by atoms with E-state index in [9.17, 15) is 14.0 Å². The minimum absolute atomic E-state index is 0.0932. The summed E-state index contributed by atoms with van der Waals surface area (Å²) in [5, 5.41) is 5.45. The molecule has 0 aromatic heterocycles. The Labute approximate surface area is 173 Å². The maximum atomic E-state index is 13.9. The molecule has 0 bridgehead atoms. The third-order valence-electron chi connectivity index (χ3n) is 4.77. The highest BCUT2D eigenvalue weighted by atomic mass is 19.1. The van der Waals surface area contributed by atoms with Gasteiger partial charge in [0.1, 0.15) is 30.4 Å². The van der Waals surface area contributed by atoms with Crippen molar-refractivity contribution in [3.05, 3.63) is 47.8 Å². The molecule has 9 heteroatoms. The van der Waals surface area contributed by atoms with Crippen molar-refractivity contribution in [3.8, 4) is 11.5 Å². The first-order valence-electron chi connectivity index (χ1n) is 9.55. The molecule has 0 radical (unpaired) electrons. The number of methoxy groups -OCH3 is 2. The van der Waals surface area contributed by atoms with Gasteiger partial charge in [-0.25, -0.2) is 4.39 Å². The molecule has 30 heavy (non-hydrogen) atoms. The van der Waals surface area contributed by atoms with Crippen LogP contribution in [0.15, 0.2) is 36.4 Å². The molecule has 0 spiro atoms. The van der Waals surface area contributed by atoms with Gasteiger partial charge in [0.2, 0.25) is 0 Å². The molecule has 2 aromatic carbocycles. The SMILES string of the molecule is COc1cc(NC(=O)c2ccccc2F)c(OC)cc1NC(=O)C[NH+]1CCOCC1. The average Bonchev–Trinajstić information content (AvgIpc) is 2.75. The Morgan fingerprint density at radius 3 is 2.23 bits per heavy atom. The fourth-order valence-electron chi connectivity index (χ4n) is 3.19. The predicted molar refractivity (Wildman–Crippen MR) is 109 cm³/mol. The Bertz CT molecular complexity index is 916. The number of benzene rings is 2. The Balaban J connectivity index is 1.77. The lowest BCUT2D eigenvalue weighted by Crippen LogP contribution is -3.15. The van der Waals surface area contributed by atoms with E-state index in [1.165, 1.54) is 38.5 Å². The van der Waals surface area contributed by atoms with Crippen molar-refractivity contribution in [2.24, 2.45) is 0 Å². The molecule has 8 nitrogen and oxygen atoms in total. The highest BCUT2D eigenvalue weighted by Gasteiger charge is 2.21. The summed E-state index contributed by atoms with van der Waals surface area (Å²) in [5.41, 5.74) is 0.611. The van der Waals surface area contributed by atoms with Gasteiger partial charge in [0.05, 0.1) is 44.4 Å². The van der Waals surface area contributed by atoms with Gasteiger partial charge < -0.3 is 29.7 Å². The van der Waals surface area contributed by atoms with Gasteiger partial charge in [0.15, 0.2) is 6.54 Å². The summed E-state index contributed by atoms with van der Waals surface area (Å²) in [6.45, 7) is 3.12. The van der Waals surface area contributed by atoms with Crippen molar-refractivity contribution in [1.29, 1.82) is 0 Å². The van der Waals surface area contributed by atoms with Gasteiger partial charge in [-0.05, 0) is 12.1 Å². The van der Waals surface area contributed by atoms with E-state index in [-0.39, 0.29) is 11.5 Å². The molecule has 2 aromatic rings. The number of ether oxygens (including phenoxy) is 3. The third-order valence-corrected chi connectivity index (χ3v) is 4.77. The Morgan fingerprint density at radius 1 is 1.03 bits per heavy atom. The number of nitrogens with one attached hydrogen (secondary N) is 3. The first-order valence-corrected chi connectivity index (χ1v) is 9.55. The summed E-state index contributed by atoms with van der Waals surface area (Å²) in [6, 6.07) is 8.76. The zero-order valence-corrected chi connectivity index (χ0v) is 16.9. The molecule has 1 fully saturated rings. The number of carbonyl (C=O) groups excluding carboxylic acids is 2. The average molecular weight is 418 g/mol. The van der Waals surface area contributed by atoms with Crippen LogP contribution in [0.5, 0.6) is 11.5 Å². The number of amides is 2. The van der Waals surface area contributed by atoms with Crippen LogP contribution in [0, 0.1) is 5.82 Å². The minimum atomic E-state index is -0.629. The second-order valence-electron chi connectivity index (χ2n) is 6.77. The Morgan fingerprint density at radius 2 is 1.63 bits per heavy atom. The fourth-order valence-corrected chi connectivity index (χ4v) is 3.19. The second-order valence-corrected chi connectivity index (χ2v) is 6.77. The van der Waals surface area contributed by atoms with Crippen LogP contribution >= 0.6 is 0 Å². The van der Waals surface area contributed by atoms with E-state index >= 15 is 0 Å². The number of hydrogen-bond acceptors (Lipinski definition) is 5. The number of anilines is 2. The van der Waals surface area contributed by atoms with Crippen molar-refractivity contribution in [2.75, 3.05) is 57.7 Å². The van der Waals surface area contributed by atoms with Gasteiger partial charge in [-0.2, -0.15) is 0 Å². The Hall–Kier alpha value is -3.17. The van der Waals surface area contributed by atoms with Crippen LogP contribution in [0.3, 0.4) is 0 Å². The number of hydrogen-bond donors (Lipinski definition) is 3. The van der Waals surface area contributed by atoms with Gasteiger partial charge >= 0.3 is 0 Å². The lowest BCUT2D eigenvalue weighted by Gasteiger charge is -2.23. The summed E-state index contributed by atoms with van der Waals surface area (Å²) < 4.78 is 29.9. The van der Waals surface area contributed by atoms with Crippen LogP contribution in [0.4, 0.5) is 15.8 Å². The molecule has 0 atom stereocenters. The van der Waals surface area contributed by atoms with Crippen molar-refractivity contribution in [2.45, 2.75) is 0 Å². The highest BCUT2D eigenvalue weighted by molar-refractivity contribution is 6.05. The van der Waals surface area contributed by atoms with Gasteiger partial charge in [-0.15, -0.1) is 0 Å². The summed E-state index contributed by atoms with van der Waals surface area (Å²) >= 11 is 0. The van der Waals surface area contributed by atoms with Gasteiger partial charge in [0, 0.05) is 12.1 Å². The summed E-state index contributed by atoms with van der Waals surface area (Å²) in [5.74, 6) is -0.786. The van der Waals surface area contributed by atoms with E-state index in [1.807, 2.05) is 0 Å². The van der Waals surface area contributed by atoms with Crippen LogP contribution in [-0.4, -0.2) is 58.9 Å². The summed E-state index contributed by atoms with van der Waals surface area (Å²) in [4.78, 5) is 26.0. The summed E-state index contributed by atoms with van der Waals surface area (Å²) in [6.07, 6.45) is 0. The van der Waals surface area contributed by atoms with Crippen molar-refractivity contribution in [3.63, 3.8) is 0 Å². The van der Waals surface area contributed by atoms with E-state index < -0.39 is 11.7 Å². The molecule has 1 aliphatic rings. The number of rotatable bonds is 7. The molecule has 1 aliphatic heterocycles. The number of morpholine rings is 1. The fraction of sp³-hybridized carbons (Fsp3) is 0.333. The monoisotopic (exact) mass is 418 g/mol. The van der Waals surface area contributed by atoms with Crippen molar-refractivity contribution in [1.82, 2.24) is 0 Å². The molecule has 3 N–H and O–H groups in total. The predicted octanol–water partition coefficient (Wildman–Crippen LogP) is 0.949. The van der Waals surface area contributed by atoms with Crippen LogP contribution in [0.1, 0.15) is 10.4 Å². The van der Waals surface area contributed by atoms with E-state index in [1.54, 1.807) is 12.1 Å². The number of quaternary nitrogens is 1. The second kappa shape index (κ2) is 10.0. The quantitative estimate of drug-likeness (QED) is 0.623. The van der Waals surface area contributed by atoms with Crippen LogP contribution < -0.4 is 25.0 Å². The first-order chi connectivity index (χ1) is 14.5. The maximum Gasteiger partial charge on any atom is 0.279 e. The molecule has 2 amide bonds. The van der Waals surface area contributed by atoms with Crippen molar-refractivity contribution >= 4 is 23.2 Å². The zero-order chi connectivity index (χ0) is 21.5. The van der Waals surface area contributed by atoms with Crippen LogP contribution in [0.2, 0.25) is 0 Å². The summed E-state index contributed by atoms with van der Waals surface area (Å²) in [7, 11) is 2.89. The molecule has 0 unspecified atom stereocenters. The number of halogens is 1. The molecular formula is C21H25FN3O5+. The van der Waals surface area contributed by atoms with Crippen molar-refractivity contribution < 1.29 is 33.1 Å². The molecule has 0 saturated carbocycles. The topological polar surface area (TPSA) is 90.3 Å². The molecule has 3 rings (SSSR count). The maximum absolute atomic E-state index is 13.9. The lowest BCUT2D eigenvalue weighted by molar-refractivity contribution is -0.899. The first kappa shape index (κ1) is 21.5. The standard InChI is InChI=1S/C21H24FN3O5/c1-28-18-12-17(24-21(27)14-5-3-4-6-15(14)22)19(29-2)11-16(18)23-20(26)13-25-7-9-30-10-8-25/h3-6,11-12H,7-10,13H2,1-2H3,(H,23,26)(H,24,27)/p+1. The van der Waals surface area contributed by atoms with Gasteiger partial charge in [0.25, 0.3) is 11.8 Å². The van der Waals surface area contributed by atoms with Gasteiger partial charge in [-0.1, -0.05) is 12.1 Å². The smallest absolute Gasteiger partial charge is 0.279 e. The molecule has 1 saturated heterocycles. The van der Waals surface area contributed by atoms with Crippen LogP contribution in [0.25, 0.3) is 0 Å². The van der Waals surface area contributed by atoms with E-state index in [0.29, 0.717) is 42.6 Å². The van der Waals surface area contributed by atoms with Gasteiger partial charge in [-0.3, -0.25) is 9.59 Å². The van der Waals surface area contributed by atoms with E-state index in [2.05, 4.69) is 10.6 Å². The normalized spacial score (nSPS) is 14.1. The van der Waals surface area contributed by atoms with E-state index in [4.69, 9.17) is 14.2 Å². The Kier molecular flexibility index (Phi) is 7.21. The zero-order valence-electron chi connectivity index (χ0n) is 16.9. The highest BCUT2D eigenvalue weighted by Crippen LogP contribution is 2.36.